The highest BCUT2D eigenvalue weighted by molar-refractivity contribution is 5.35. The molecule has 0 saturated heterocycles. The first-order valence-corrected chi connectivity index (χ1v) is 3.77. The van der Waals surface area contributed by atoms with Crippen LogP contribution in [-0.2, 0) is 0 Å². The van der Waals surface area contributed by atoms with Gasteiger partial charge in [0, 0.05) is 6.08 Å². The van der Waals surface area contributed by atoms with E-state index in [1.165, 1.54) is 0 Å². The smallest absolute Gasteiger partial charge is 0.244 e. The molecule has 7 heteroatoms. The second-order valence-corrected chi connectivity index (χ2v) is 3.00. The molecule has 0 amide bonds. The van der Waals surface area contributed by atoms with Gasteiger partial charge in [0.25, 0.3) is 0 Å². The minimum atomic E-state index is -4.77. The summed E-state index contributed by atoms with van der Waals surface area (Å²) in [4.78, 5) is 0. The number of rotatable bonds is 2. The normalized spacial score (nSPS) is 32.3. The maximum atomic E-state index is 13.3. The van der Waals surface area contributed by atoms with Crippen molar-refractivity contribution in [3.8, 4) is 0 Å². The highest BCUT2D eigenvalue weighted by Gasteiger charge is 2.59. The summed E-state index contributed by atoms with van der Waals surface area (Å²) in [7, 11) is 0. The monoisotopic (exact) mass is 234 g/mol. The second-order valence-electron chi connectivity index (χ2n) is 3.00. The third kappa shape index (κ3) is 1.74. The predicted molar refractivity (Wildman–Crippen MR) is 38.0 cm³/mol. The van der Waals surface area contributed by atoms with E-state index in [4.69, 9.17) is 0 Å². The Hall–Kier alpha value is -1.01. The first-order chi connectivity index (χ1) is 6.74. The summed E-state index contributed by atoms with van der Waals surface area (Å²) in [6, 6.07) is 0. The maximum absolute atomic E-state index is 13.3. The molecule has 0 N–H and O–H groups in total. The van der Waals surface area contributed by atoms with Crippen LogP contribution in [0, 0.1) is 0 Å². The zero-order valence-electron chi connectivity index (χ0n) is 7.08. The van der Waals surface area contributed by atoms with Crippen molar-refractivity contribution in [1.29, 1.82) is 0 Å². The highest BCUT2D eigenvalue weighted by Crippen LogP contribution is 2.44. The number of hydrogen-bond acceptors (Lipinski definition) is 0. The molecule has 0 aliphatic heterocycles. The van der Waals surface area contributed by atoms with Crippen LogP contribution in [0.5, 0.6) is 0 Å². The van der Waals surface area contributed by atoms with Crippen LogP contribution < -0.4 is 0 Å². The molecule has 1 aliphatic carbocycles. The molecule has 1 rings (SSSR count). The zero-order valence-corrected chi connectivity index (χ0v) is 7.08. The lowest BCUT2D eigenvalue weighted by atomic mass is 9.91. The molecule has 86 valence electrons. The van der Waals surface area contributed by atoms with E-state index in [0.717, 1.165) is 0 Å². The third-order valence-corrected chi connectivity index (χ3v) is 1.94. The Morgan fingerprint density at radius 2 is 1.87 bits per heavy atom. The van der Waals surface area contributed by atoms with Gasteiger partial charge in [-0.1, -0.05) is 0 Å². The second kappa shape index (κ2) is 3.53. The average molecular weight is 234 g/mol. The molecule has 0 aromatic rings. The lowest BCUT2D eigenvalue weighted by Crippen LogP contribution is -2.47. The van der Waals surface area contributed by atoms with Crippen molar-refractivity contribution in [2.45, 2.75) is 17.8 Å². The summed E-state index contributed by atoms with van der Waals surface area (Å²) in [5, 5.41) is 0. The van der Waals surface area contributed by atoms with Crippen LogP contribution >= 0.6 is 0 Å². The number of hydrogen-bond donors (Lipinski definition) is 0. The molecule has 0 aromatic heterocycles. The zero-order chi connectivity index (χ0) is 11.9. The summed E-state index contributed by atoms with van der Waals surface area (Å²) in [5.41, 5.74) is -4.26. The van der Waals surface area contributed by atoms with Gasteiger partial charge in [-0.05, 0) is 6.08 Å². The van der Waals surface area contributed by atoms with Crippen molar-refractivity contribution in [1.82, 2.24) is 0 Å². The first kappa shape index (κ1) is 12.1. The van der Waals surface area contributed by atoms with E-state index in [2.05, 4.69) is 0 Å². The van der Waals surface area contributed by atoms with Crippen molar-refractivity contribution in [2.24, 2.45) is 0 Å². The van der Waals surface area contributed by atoms with Crippen LogP contribution in [-0.4, -0.2) is 24.4 Å². The Balaban J connectivity index is 3.20. The van der Waals surface area contributed by atoms with Crippen LogP contribution in [0.2, 0.25) is 0 Å². The maximum Gasteiger partial charge on any atom is 0.319 e. The summed E-state index contributed by atoms with van der Waals surface area (Å²) in [5.74, 6) is -8.92. The lowest BCUT2D eigenvalue weighted by Gasteiger charge is -2.30. The van der Waals surface area contributed by atoms with Crippen molar-refractivity contribution in [3.05, 3.63) is 23.8 Å². The fourth-order valence-corrected chi connectivity index (χ4v) is 1.05. The Kier molecular flexibility index (Phi) is 2.84. The van der Waals surface area contributed by atoms with Gasteiger partial charge >= 0.3 is 5.92 Å². The van der Waals surface area contributed by atoms with Crippen LogP contribution in [0.3, 0.4) is 0 Å². The number of halogens is 7. The van der Waals surface area contributed by atoms with Gasteiger partial charge < -0.3 is 0 Å². The molecule has 0 spiro atoms. The van der Waals surface area contributed by atoms with Gasteiger partial charge in [-0.25, -0.2) is 22.0 Å². The fraction of sp³-hybridized carbons (Fsp3) is 0.500. The largest absolute Gasteiger partial charge is 0.319 e. The number of allylic oxidation sites excluding steroid dienone is 4. The molecule has 2 unspecified atom stereocenters. The molecular weight excluding hydrogens is 229 g/mol. The lowest BCUT2D eigenvalue weighted by molar-refractivity contribution is -0.119. The van der Waals surface area contributed by atoms with E-state index in [1.54, 1.807) is 0 Å². The molecular formula is C8H5F7. The van der Waals surface area contributed by atoms with E-state index < -0.39 is 42.2 Å². The molecule has 0 saturated carbocycles. The fourth-order valence-electron chi connectivity index (χ4n) is 1.05. The van der Waals surface area contributed by atoms with Gasteiger partial charge in [-0.2, -0.15) is 8.78 Å². The van der Waals surface area contributed by atoms with E-state index in [-0.39, 0.29) is 6.08 Å². The molecule has 0 heterocycles. The SMILES string of the molecule is FCC(F)(F)C1(F)C=C(F)C(F)C=C1F. The van der Waals surface area contributed by atoms with E-state index in [0.29, 0.717) is 0 Å². The summed E-state index contributed by atoms with van der Waals surface area (Å²) < 4.78 is 87.9. The van der Waals surface area contributed by atoms with Crippen molar-refractivity contribution < 1.29 is 30.7 Å². The standard InChI is InChI=1S/C8H5F7/c9-3-8(14,15)7(13)2-5(11)4(10)1-6(7)12/h1-2,4H,3H2. The molecule has 0 bridgehead atoms. The summed E-state index contributed by atoms with van der Waals surface area (Å²) >= 11 is 0. The Labute approximate surface area is 80.1 Å². The Morgan fingerprint density at radius 1 is 1.33 bits per heavy atom. The van der Waals surface area contributed by atoms with Crippen LogP contribution in [0.1, 0.15) is 0 Å². The van der Waals surface area contributed by atoms with Gasteiger partial charge in [0.15, 0.2) is 12.8 Å². The topological polar surface area (TPSA) is 0 Å². The molecule has 15 heavy (non-hydrogen) atoms. The summed E-state index contributed by atoms with van der Waals surface area (Å²) in [6.45, 7) is -2.52. The molecule has 1 aliphatic rings. The number of alkyl halides is 5. The third-order valence-electron chi connectivity index (χ3n) is 1.94. The van der Waals surface area contributed by atoms with E-state index >= 15 is 0 Å². The molecule has 0 fully saturated rings. The Morgan fingerprint density at radius 3 is 2.33 bits per heavy atom. The van der Waals surface area contributed by atoms with Crippen LogP contribution in [0.4, 0.5) is 30.7 Å². The van der Waals surface area contributed by atoms with Gasteiger partial charge in [-0.3, -0.25) is 0 Å². The van der Waals surface area contributed by atoms with E-state index in [1.807, 2.05) is 0 Å². The molecule has 0 aromatic carbocycles. The molecule has 0 nitrogen and oxygen atoms in total. The minimum Gasteiger partial charge on any atom is -0.244 e. The summed E-state index contributed by atoms with van der Waals surface area (Å²) in [6.07, 6.45) is -3.49. The first-order valence-electron chi connectivity index (χ1n) is 3.77. The predicted octanol–water partition coefficient (Wildman–Crippen LogP) is 3.36. The molecule has 0 radical (unpaired) electrons. The Bertz CT molecular complexity index is 319. The van der Waals surface area contributed by atoms with Crippen LogP contribution in [0.25, 0.3) is 0 Å². The van der Waals surface area contributed by atoms with Gasteiger partial charge in [0.05, 0.1) is 0 Å². The van der Waals surface area contributed by atoms with Crippen molar-refractivity contribution in [3.63, 3.8) is 0 Å². The van der Waals surface area contributed by atoms with Gasteiger partial charge in [0.2, 0.25) is 5.67 Å². The molecule has 2 atom stereocenters. The average Bonchev–Trinajstić information content (AvgIpc) is 2.14. The van der Waals surface area contributed by atoms with Gasteiger partial charge in [0.1, 0.15) is 11.7 Å². The van der Waals surface area contributed by atoms with Crippen molar-refractivity contribution in [2.75, 3.05) is 6.67 Å². The van der Waals surface area contributed by atoms with Gasteiger partial charge in [-0.15, -0.1) is 0 Å². The van der Waals surface area contributed by atoms with Crippen molar-refractivity contribution >= 4 is 0 Å². The minimum absolute atomic E-state index is 0.293. The quantitative estimate of drug-likeness (QED) is 0.642. The highest BCUT2D eigenvalue weighted by atomic mass is 19.3. The van der Waals surface area contributed by atoms with Crippen LogP contribution in [0.15, 0.2) is 23.8 Å². The van der Waals surface area contributed by atoms with E-state index in [9.17, 15) is 30.7 Å².